The number of nitrogens with zero attached hydrogens (tertiary/aromatic N) is 3. The molecule has 1 aliphatic heterocycles. The van der Waals surface area contributed by atoms with Crippen molar-refractivity contribution < 1.29 is 14.3 Å². The second kappa shape index (κ2) is 6.83. The highest BCUT2D eigenvalue weighted by Crippen LogP contribution is 2.27. The summed E-state index contributed by atoms with van der Waals surface area (Å²) in [7, 11) is 0. The lowest BCUT2D eigenvalue weighted by atomic mass is 10.0. The normalized spacial score (nSPS) is 17.5. The van der Waals surface area contributed by atoms with Gasteiger partial charge in [-0.15, -0.1) is 0 Å². The molecule has 21 heavy (non-hydrogen) atoms. The van der Waals surface area contributed by atoms with Crippen LogP contribution >= 0.6 is 28.6 Å². The summed E-state index contributed by atoms with van der Waals surface area (Å²) < 4.78 is 6.79. The summed E-state index contributed by atoms with van der Waals surface area (Å²) in [5.41, 5.74) is 2.07. The zero-order chi connectivity index (χ0) is 15.6. The molecule has 0 fully saturated rings. The monoisotopic (exact) mass is 375 g/mol. The Morgan fingerprint density at radius 1 is 1.52 bits per heavy atom. The van der Waals surface area contributed by atoms with Gasteiger partial charge in [-0.1, -0.05) is 28.6 Å². The Hall–Kier alpha value is -1.02. The van der Waals surface area contributed by atoms with Crippen LogP contribution in [0.1, 0.15) is 35.6 Å². The number of aromatic nitrogens is 2. The first-order valence-corrected chi connectivity index (χ1v) is 8.37. The van der Waals surface area contributed by atoms with E-state index >= 15 is 0 Å². The lowest BCUT2D eigenvalue weighted by molar-refractivity contribution is 0.0509. The van der Waals surface area contributed by atoms with Crippen molar-refractivity contribution in [2.75, 3.05) is 11.9 Å². The Morgan fingerprint density at radius 2 is 2.24 bits per heavy atom. The average Bonchev–Trinajstić information content (AvgIpc) is 2.75. The fraction of sp³-hybridized carbons (Fsp3) is 0.615. The molecular formula is C13H18BrN3O3S. The van der Waals surface area contributed by atoms with Crippen molar-refractivity contribution in [3.8, 4) is 0 Å². The van der Waals surface area contributed by atoms with E-state index in [1.54, 1.807) is 16.5 Å². The van der Waals surface area contributed by atoms with E-state index in [-0.39, 0.29) is 11.3 Å². The van der Waals surface area contributed by atoms with Crippen molar-refractivity contribution >= 4 is 39.8 Å². The van der Waals surface area contributed by atoms with Gasteiger partial charge in [-0.3, -0.25) is 9.48 Å². The van der Waals surface area contributed by atoms with Crippen LogP contribution in [0.4, 0.5) is 4.79 Å². The number of esters is 1. The zero-order valence-corrected chi connectivity index (χ0v) is 14.5. The largest absolute Gasteiger partial charge is 0.461 e. The third kappa shape index (κ3) is 3.26. The quantitative estimate of drug-likeness (QED) is 0.497. The van der Waals surface area contributed by atoms with Crippen molar-refractivity contribution in [3.63, 3.8) is 0 Å². The summed E-state index contributed by atoms with van der Waals surface area (Å²) in [6.07, 6.45) is 0.614. The lowest BCUT2D eigenvalue weighted by Gasteiger charge is -2.31. The molecule has 0 radical (unpaired) electrons. The average molecular weight is 376 g/mol. The predicted octanol–water partition coefficient (Wildman–Crippen LogP) is 2.25. The number of thiol groups is 1. The second-order valence-corrected chi connectivity index (χ2v) is 6.05. The molecule has 1 aromatic heterocycles. The highest BCUT2D eigenvalue weighted by atomic mass is 79.9. The Balaban J connectivity index is 2.44. The molecular weight excluding hydrogens is 358 g/mol. The van der Waals surface area contributed by atoms with Crippen molar-refractivity contribution in [1.82, 2.24) is 14.7 Å². The maximum absolute atomic E-state index is 12.2. The molecule has 1 aromatic rings. The van der Waals surface area contributed by atoms with Crippen LogP contribution in [0.5, 0.6) is 0 Å². The van der Waals surface area contributed by atoms with Crippen LogP contribution in [0.15, 0.2) is 0 Å². The van der Waals surface area contributed by atoms with Gasteiger partial charge in [0.1, 0.15) is 0 Å². The first-order valence-electron chi connectivity index (χ1n) is 6.80. The van der Waals surface area contributed by atoms with Crippen LogP contribution in [0.25, 0.3) is 0 Å². The van der Waals surface area contributed by atoms with Crippen molar-refractivity contribution in [3.05, 3.63) is 17.0 Å². The van der Waals surface area contributed by atoms with Gasteiger partial charge in [0.15, 0.2) is 5.69 Å². The molecule has 0 N–H and O–H groups in total. The Morgan fingerprint density at radius 3 is 2.81 bits per heavy atom. The Kier molecular flexibility index (Phi) is 5.32. The molecule has 0 bridgehead atoms. The number of aryl methyl sites for hydroxylation is 1. The highest BCUT2D eigenvalue weighted by Gasteiger charge is 2.33. The molecule has 0 unspecified atom stereocenters. The molecule has 1 amide bonds. The first kappa shape index (κ1) is 16.4. The Labute approximate surface area is 137 Å². The third-order valence-electron chi connectivity index (χ3n) is 3.49. The molecule has 1 atom stereocenters. The van der Waals surface area contributed by atoms with Gasteiger partial charge in [0, 0.05) is 23.4 Å². The maximum atomic E-state index is 12.2. The fourth-order valence-electron chi connectivity index (χ4n) is 2.52. The summed E-state index contributed by atoms with van der Waals surface area (Å²) in [5.74, 6) is -0.395. The van der Waals surface area contributed by atoms with Crippen LogP contribution in [-0.2, 0) is 24.2 Å². The maximum Gasteiger partial charge on any atom is 0.356 e. The van der Waals surface area contributed by atoms with E-state index in [2.05, 4.69) is 33.7 Å². The van der Waals surface area contributed by atoms with E-state index in [1.807, 2.05) is 6.92 Å². The van der Waals surface area contributed by atoms with Crippen LogP contribution in [0.3, 0.4) is 0 Å². The summed E-state index contributed by atoms with van der Waals surface area (Å²) in [6, 6.07) is 0.0184. The summed E-state index contributed by atoms with van der Waals surface area (Å²) >= 11 is 7.26. The van der Waals surface area contributed by atoms with Gasteiger partial charge in [-0.25, -0.2) is 4.79 Å². The molecule has 0 spiro atoms. The molecule has 0 aliphatic carbocycles. The number of carbonyl (C=O) groups excluding carboxylic acids is 2. The van der Waals surface area contributed by atoms with Crippen molar-refractivity contribution in [1.29, 1.82) is 0 Å². The van der Waals surface area contributed by atoms with Crippen LogP contribution in [0, 0.1) is 0 Å². The number of fused-ring (bicyclic) bond motifs is 1. The smallest absolute Gasteiger partial charge is 0.356 e. The molecule has 2 heterocycles. The topological polar surface area (TPSA) is 64.4 Å². The lowest BCUT2D eigenvalue weighted by Crippen LogP contribution is -2.40. The minimum absolute atomic E-state index is 0.0184. The van der Waals surface area contributed by atoms with E-state index < -0.39 is 5.97 Å². The number of hydrogen-bond acceptors (Lipinski definition) is 4. The highest BCUT2D eigenvalue weighted by molar-refractivity contribution is 9.09. The number of amides is 1. The van der Waals surface area contributed by atoms with Gasteiger partial charge in [-0.05, 0) is 13.8 Å². The second-order valence-electron chi connectivity index (χ2n) is 4.87. The SMILES string of the molecule is CCOC(=O)c1c2c(nn1CCBr)C[C@@H](C)N(C(=O)S)C2. The minimum Gasteiger partial charge on any atom is -0.461 e. The van der Waals surface area contributed by atoms with E-state index in [9.17, 15) is 9.59 Å². The summed E-state index contributed by atoms with van der Waals surface area (Å²) in [6.45, 7) is 4.93. The molecule has 2 rings (SSSR count). The Bertz CT molecular complexity index is 561. The van der Waals surface area contributed by atoms with Gasteiger partial charge >= 0.3 is 5.97 Å². The molecule has 0 saturated heterocycles. The molecule has 0 saturated carbocycles. The van der Waals surface area contributed by atoms with Crippen LogP contribution in [0.2, 0.25) is 0 Å². The molecule has 116 valence electrons. The van der Waals surface area contributed by atoms with Crippen LogP contribution in [-0.4, -0.2) is 43.9 Å². The van der Waals surface area contributed by atoms with Crippen LogP contribution < -0.4 is 0 Å². The van der Waals surface area contributed by atoms with E-state index in [4.69, 9.17) is 4.74 Å². The number of rotatable bonds is 4. The number of ether oxygens (including phenoxy) is 1. The van der Waals surface area contributed by atoms with Gasteiger partial charge in [0.2, 0.25) is 0 Å². The van der Waals surface area contributed by atoms with E-state index in [1.165, 1.54) is 0 Å². The van der Waals surface area contributed by atoms with Crippen molar-refractivity contribution in [2.45, 2.75) is 39.4 Å². The summed E-state index contributed by atoms with van der Waals surface area (Å²) in [4.78, 5) is 25.4. The van der Waals surface area contributed by atoms with Crippen molar-refractivity contribution in [2.24, 2.45) is 0 Å². The standard InChI is InChI=1S/C13H18BrN3O3S/c1-3-20-12(18)11-9-7-16(13(19)21)8(2)6-10(9)15-17(11)5-4-14/h8H,3-7H2,1-2H3,(H,19,21)/t8-/m1/s1. The number of carbonyl (C=O) groups is 2. The predicted molar refractivity (Wildman–Crippen MR) is 85.1 cm³/mol. The van der Waals surface area contributed by atoms with Gasteiger partial charge in [0.05, 0.1) is 25.4 Å². The molecule has 1 aliphatic rings. The fourth-order valence-corrected chi connectivity index (χ4v) is 3.12. The van der Waals surface area contributed by atoms with Gasteiger partial charge < -0.3 is 9.64 Å². The van der Waals surface area contributed by atoms with Gasteiger partial charge in [-0.2, -0.15) is 5.10 Å². The summed E-state index contributed by atoms with van der Waals surface area (Å²) in [5, 5.41) is 4.90. The number of alkyl halides is 1. The number of hydrogen-bond donors (Lipinski definition) is 1. The van der Waals surface area contributed by atoms with Gasteiger partial charge in [0.25, 0.3) is 5.24 Å². The zero-order valence-electron chi connectivity index (χ0n) is 12.0. The number of halogens is 1. The molecule has 0 aromatic carbocycles. The third-order valence-corrected chi connectivity index (χ3v) is 4.11. The van der Waals surface area contributed by atoms with E-state index in [0.717, 1.165) is 11.3 Å². The molecule has 6 nitrogen and oxygen atoms in total. The first-order chi connectivity index (χ1) is 9.99. The van der Waals surface area contributed by atoms with E-state index in [0.29, 0.717) is 37.1 Å². The minimum atomic E-state index is -0.395. The molecule has 8 heteroatoms.